The number of rotatable bonds is 9. The van der Waals surface area contributed by atoms with Gasteiger partial charge in [0.05, 0.1) is 11.5 Å². The zero-order valence-corrected chi connectivity index (χ0v) is 12.5. The number of halogens is 1. The summed E-state index contributed by atoms with van der Waals surface area (Å²) in [7, 11) is 0. The summed E-state index contributed by atoms with van der Waals surface area (Å²) in [5.74, 6) is -0.337. The largest absolute Gasteiger partial charge is 0.492 e. The number of carbonyl (C=O) groups is 1. The predicted molar refractivity (Wildman–Crippen MR) is 80.2 cm³/mol. The van der Waals surface area contributed by atoms with Crippen LogP contribution in [-0.2, 0) is 4.79 Å². The monoisotopic (exact) mass is 318 g/mol. The average Bonchev–Trinajstić information content (AvgIpc) is 2.39. The van der Waals surface area contributed by atoms with Crippen molar-refractivity contribution in [3.8, 4) is 5.75 Å². The standard InChI is InChI=1S/C13H18N2O5.ClH/c1-2-7-14(10-13(16)17)8-9-20-12-5-3-11(4-6-12)15(18)19;/h3-6H,2,7-10H2,1H3,(H,16,17);1H. The van der Waals surface area contributed by atoms with Crippen molar-refractivity contribution in [2.75, 3.05) is 26.2 Å². The Labute approximate surface area is 129 Å². The van der Waals surface area contributed by atoms with Crippen molar-refractivity contribution in [2.24, 2.45) is 0 Å². The number of carboxylic acid groups (broad SMARTS) is 1. The highest BCUT2D eigenvalue weighted by Gasteiger charge is 2.09. The molecule has 0 fully saturated rings. The Balaban J connectivity index is 0.00000400. The van der Waals surface area contributed by atoms with Crippen LogP contribution in [0.15, 0.2) is 24.3 Å². The van der Waals surface area contributed by atoms with Crippen molar-refractivity contribution in [1.82, 2.24) is 4.90 Å². The molecule has 0 amide bonds. The van der Waals surface area contributed by atoms with E-state index in [1.54, 1.807) is 4.90 Å². The first-order chi connectivity index (χ1) is 9.52. The van der Waals surface area contributed by atoms with Crippen LogP contribution in [0.2, 0.25) is 0 Å². The molecule has 1 N–H and O–H groups in total. The van der Waals surface area contributed by atoms with Gasteiger partial charge in [-0.15, -0.1) is 12.4 Å². The number of nitro groups is 1. The van der Waals surface area contributed by atoms with Crippen LogP contribution in [0.5, 0.6) is 5.75 Å². The Kier molecular flexibility index (Phi) is 9.07. The van der Waals surface area contributed by atoms with Gasteiger partial charge in [-0.1, -0.05) is 6.92 Å². The van der Waals surface area contributed by atoms with Gasteiger partial charge in [0.1, 0.15) is 12.4 Å². The van der Waals surface area contributed by atoms with Crippen molar-refractivity contribution in [3.63, 3.8) is 0 Å². The first kappa shape index (κ1) is 19.1. The Morgan fingerprint density at radius 2 is 1.95 bits per heavy atom. The molecule has 0 aliphatic carbocycles. The van der Waals surface area contributed by atoms with E-state index in [4.69, 9.17) is 9.84 Å². The molecule has 0 aromatic heterocycles. The van der Waals surface area contributed by atoms with Gasteiger partial charge in [-0.05, 0) is 25.1 Å². The van der Waals surface area contributed by atoms with Crippen LogP contribution in [0.4, 0.5) is 5.69 Å². The fourth-order valence-electron chi connectivity index (χ4n) is 1.73. The Morgan fingerprint density at radius 1 is 1.33 bits per heavy atom. The molecule has 0 aliphatic rings. The lowest BCUT2D eigenvalue weighted by Crippen LogP contribution is -2.34. The van der Waals surface area contributed by atoms with Gasteiger partial charge in [-0.2, -0.15) is 0 Å². The number of ether oxygens (including phenoxy) is 1. The summed E-state index contributed by atoms with van der Waals surface area (Å²) in [6.45, 7) is 3.49. The predicted octanol–water partition coefficient (Wildman–Crippen LogP) is 2.19. The molecule has 0 saturated heterocycles. The summed E-state index contributed by atoms with van der Waals surface area (Å²) >= 11 is 0. The number of non-ortho nitro benzene ring substituents is 1. The molecule has 0 spiro atoms. The van der Waals surface area contributed by atoms with E-state index in [9.17, 15) is 14.9 Å². The Bertz CT molecular complexity index is 452. The topological polar surface area (TPSA) is 92.9 Å². The molecular formula is C13H19ClN2O5. The summed E-state index contributed by atoms with van der Waals surface area (Å²) in [5.41, 5.74) is 0.0100. The molecule has 0 saturated carbocycles. The normalized spacial score (nSPS) is 10.0. The first-order valence-corrected chi connectivity index (χ1v) is 6.34. The summed E-state index contributed by atoms with van der Waals surface area (Å²) in [6.07, 6.45) is 0.866. The van der Waals surface area contributed by atoms with E-state index in [1.165, 1.54) is 24.3 Å². The van der Waals surface area contributed by atoms with Crippen LogP contribution in [0.25, 0.3) is 0 Å². The van der Waals surface area contributed by atoms with E-state index in [2.05, 4.69) is 0 Å². The highest BCUT2D eigenvalue weighted by Crippen LogP contribution is 2.17. The van der Waals surface area contributed by atoms with E-state index in [1.807, 2.05) is 6.92 Å². The zero-order valence-electron chi connectivity index (χ0n) is 11.7. The highest BCUT2D eigenvalue weighted by atomic mass is 35.5. The van der Waals surface area contributed by atoms with Crippen LogP contribution < -0.4 is 4.74 Å². The molecule has 1 rings (SSSR count). The smallest absolute Gasteiger partial charge is 0.317 e. The SMILES string of the molecule is CCCN(CCOc1ccc([N+](=O)[O-])cc1)CC(=O)O.Cl. The van der Waals surface area contributed by atoms with Crippen LogP contribution in [0, 0.1) is 10.1 Å². The number of aliphatic carboxylic acids is 1. The van der Waals surface area contributed by atoms with Crippen LogP contribution in [-0.4, -0.2) is 47.1 Å². The minimum atomic E-state index is -0.867. The Hall–Kier alpha value is -1.86. The van der Waals surface area contributed by atoms with Crippen molar-refractivity contribution in [2.45, 2.75) is 13.3 Å². The molecule has 0 bridgehead atoms. The minimum absolute atomic E-state index is 0. The molecule has 1 aromatic carbocycles. The molecule has 8 heteroatoms. The lowest BCUT2D eigenvalue weighted by molar-refractivity contribution is -0.384. The maximum Gasteiger partial charge on any atom is 0.317 e. The third kappa shape index (κ3) is 7.48. The number of hydrogen-bond donors (Lipinski definition) is 1. The Morgan fingerprint density at radius 3 is 2.43 bits per heavy atom. The second-order valence-electron chi connectivity index (χ2n) is 4.27. The van der Waals surface area contributed by atoms with Crippen molar-refractivity contribution in [3.05, 3.63) is 34.4 Å². The first-order valence-electron chi connectivity index (χ1n) is 6.34. The summed E-state index contributed by atoms with van der Waals surface area (Å²) in [5, 5.41) is 19.3. The molecule has 0 heterocycles. The van der Waals surface area contributed by atoms with Crippen LogP contribution in [0.1, 0.15) is 13.3 Å². The molecule has 1 aromatic rings. The number of benzene rings is 1. The molecule has 0 atom stereocenters. The van der Waals surface area contributed by atoms with Gasteiger partial charge in [0.25, 0.3) is 5.69 Å². The van der Waals surface area contributed by atoms with Gasteiger partial charge >= 0.3 is 5.97 Å². The lowest BCUT2D eigenvalue weighted by atomic mass is 10.3. The van der Waals surface area contributed by atoms with Gasteiger partial charge in [0.15, 0.2) is 0 Å². The van der Waals surface area contributed by atoms with Gasteiger partial charge in [0, 0.05) is 18.7 Å². The molecular weight excluding hydrogens is 300 g/mol. The van der Waals surface area contributed by atoms with E-state index in [-0.39, 0.29) is 24.6 Å². The quantitative estimate of drug-likeness (QED) is 0.554. The summed E-state index contributed by atoms with van der Waals surface area (Å²) in [4.78, 5) is 22.5. The molecule has 0 unspecified atom stereocenters. The third-order valence-corrected chi connectivity index (χ3v) is 2.62. The van der Waals surface area contributed by atoms with Gasteiger partial charge in [0.2, 0.25) is 0 Å². The number of carboxylic acids is 1. The van der Waals surface area contributed by atoms with Gasteiger partial charge < -0.3 is 9.84 Å². The highest BCUT2D eigenvalue weighted by molar-refractivity contribution is 5.85. The number of nitrogens with zero attached hydrogens (tertiary/aromatic N) is 2. The van der Waals surface area contributed by atoms with Crippen molar-refractivity contribution < 1.29 is 19.6 Å². The van der Waals surface area contributed by atoms with E-state index >= 15 is 0 Å². The fourth-order valence-corrected chi connectivity index (χ4v) is 1.73. The van der Waals surface area contributed by atoms with Gasteiger partial charge in [-0.25, -0.2) is 0 Å². The molecule has 7 nitrogen and oxygen atoms in total. The van der Waals surface area contributed by atoms with E-state index in [0.29, 0.717) is 25.4 Å². The molecule has 21 heavy (non-hydrogen) atoms. The lowest BCUT2D eigenvalue weighted by Gasteiger charge is -2.19. The summed E-state index contributed by atoms with van der Waals surface area (Å²) in [6, 6.07) is 5.80. The minimum Gasteiger partial charge on any atom is -0.492 e. The number of hydrogen-bond acceptors (Lipinski definition) is 5. The van der Waals surface area contributed by atoms with Gasteiger partial charge in [-0.3, -0.25) is 19.8 Å². The third-order valence-electron chi connectivity index (χ3n) is 2.62. The van der Waals surface area contributed by atoms with Crippen LogP contribution in [0.3, 0.4) is 0 Å². The molecule has 118 valence electrons. The van der Waals surface area contributed by atoms with Crippen LogP contribution >= 0.6 is 12.4 Å². The molecule has 0 aliphatic heterocycles. The maximum atomic E-state index is 10.7. The summed E-state index contributed by atoms with van der Waals surface area (Å²) < 4.78 is 5.44. The second-order valence-corrected chi connectivity index (χ2v) is 4.27. The molecule has 0 radical (unpaired) electrons. The van der Waals surface area contributed by atoms with E-state index in [0.717, 1.165) is 6.42 Å². The number of nitro benzene ring substituents is 1. The average molecular weight is 319 g/mol. The van der Waals surface area contributed by atoms with Crippen molar-refractivity contribution in [1.29, 1.82) is 0 Å². The second kappa shape index (κ2) is 9.95. The fraction of sp³-hybridized carbons (Fsp3) is 0.462. The van der Waals surface area contributed by atoms with Crippen molar-refractivity contribution >= 4 is 24.1 Å². The maximum absolute atomic E-state index is 10.7. The van der Waals surface area contributed by atoms with E-state index < -0.39 is 10.9 Å². The zero-order chi connectivity index (χ0) is 15.0.